The molecule has 0 atom stereocenters. The van der Waals surface area contributed by atoms with Crippen molar-refractivity contribution in [2.75, 3.05) is 18.2 Å². The molecule has 1 N–H and O–H groups in total. The smallest absolute Gasteiger partial charge is 0.306 e. The van der Waals surface area contributed by atoms with Crippen LogP contribution in [0.5, 0.6) is 0 Å². The average Bonchev–Trinajstić information content (AvgIpc) is 2.66. The van der Waals surface area contributed by atoms with Gasteiger partial charge in [-0.1, -0.05) is 23.7 Å². The van der Waals surface area contributed by atoms with Crippen molar-refractivity contribution in [3.63, 3.8) is 0 Å². The van der Waals surface area contributed by atoms with Gasteiger partial charge in [0.05, 0.1) is 12.1 Å². The number of hydrogen-bond acceptors (Lipinski definition) is 6. The molecule has 0 bridgehead atoms. The van der Waals surface area contributed by atoms with Crippen LogP contribution in [-0.2, 0) is 14.3 Å². The molecule has 0 saturated heterocycles. The second kappa shape index (κ2) is 9.94. The van der Waals surface area contributed by atoms with Gasteiger partial charge in [0.2, 0.25) is 0 Å². The highest BCUT2D eigenvalue weighted by atomic mass is 35.5. The number of benzene rings is 1. The number of anilines is 1. The largest absolute Gasteiger partial charge is 0.456 e. The van der Waals surface area contributed by atoms with Crippen molar-refractivity contribution in [2.45, 2.75) is 17.7 Å². The van der Waals surface area contributed by atoms with Crippen molar-refractivity contribution in [2.24, 2.45) is 0 Å². The summed E-state index contributed by atoms with van der Waals surface area (Å²) in [5.74, 6) is -1.31. The van der Waals surface area contributed by atoms with E-state index in [0.29, 0.717) is 11.3 Å². The van der Waals surface area contributed by atoms with E-state index in [-0.39, 0.29) is 23.8 Å². The first-order chi connectivity index (χ1) is 12.5. The summed E-state index contributed by atoms with van der Waals surface area (Å²) in [7, 11) is 0. The Kier molecular flexibility index (Phi) is 7.62. The van der Waals surface area contributed by atoms with Gasteiger partial charge in [-0.3, -0.25) is 14.4 Å². The molecule has 1 heterocycles. The number of Topliss-reactive ketones (excluding diaryl/α,β-unsaturated/α-hetero) is 1. The number of nitrogens with one attached hydrogen (secondary N) is 1. The van der Waals surface area contributed by atoms with Gasteiger partial charge < -0.3 is 10.1 Å². The average molecular weight is 393 g/mol. The molecule has 0 aliphatic heterocycles. The van der Waals surface area contributed by atoms with E-state index in [1.165, 1.54) is 6.20 Å². The normalized spacial score (nSPS) is 10.2. The Labute approximate surface area is 160 Å². The minimum absolute atomic E-state index is 0.0213. The number of pyridine rings is 1. The van der Waals surface area contributed by atoms with E-state index < -0.39 is 18.5 Å². The van der Waals surface area contributed by atoms with Crippen LogP contribution in [0.1, 0.15) is 23.2 Å². The summed E-state index contributed by atoms with van der Waals surface area (Å²) in [6.07, 6.45) is 3.37. The number of rotatable bonds is 8. The lowest BCUT2D eigenvalue weighted by atomic mass is 10.1. The van der Waals surface area contributed by atoms with Crippen molar-refractivity contribution in [1.82, 2.24) is 4.98 Å². The molecule has 8 heteroatoms. The Morgan fingerprint density at radius 1 is 1.15 bits per heavy atom. The van der Waals surface area contributed by atoms with Gasteiger partial charge in [0.15, 0.2) is 17.5 Å². The highest BCUT2D eigenvalue weighted by Crippen LogP contribution is 2.17. The zero-order valence-corrected chi connectivity index (χ0v) is 15.6. The van der Waals surface area contributed by atoms with Gasteiger partial charge in [-0.05, 0) is 30.5 Å². The van der Waals surface area contributed by atoms with E-state index >= 15 is 0 Å². The van der Waals surface area contributed by atoms with E-state index in [0.717, 1.165) is 4.90 Å². The van der Waals surface area contributed by atoms with Crippen LogP contribution in [0.25, 0.3) is 0 Å². The summed E-state index contributed by atoms with van der Waals surface area (Å²) in [4.78, 5) is 40.4. The summed E-state index contributed by atoms with van der Waals surface area (Å²) in [5.41, 5.74) is 0.874. The van der Waals surface area contributed by atoms with Gasteiger partial charge in [-0.25, -0.2) is 4.98 Å². The van der Waals surface area contributed by atoms with Crippen LogP contribution in [0.3, 0.4) is 0 Å². The number of nitrogens with zero attached hydrogens (tertiary/aromatic N) is 1. The van der Waals surface area contributed by atoms with Crippen molar-refractivity contribution in [3.8, 4) is 0 Å². The first-order valence-electron chi connectivity index (χ1n) is 7.73. The lowest BCUT2D eigenvalue weighted by molar-refractivity contribution is -0.147. The molecule has 136 valence electrons. The first kappa shape index (κ1) is 19.9. The molecule has 0 unspecified atom stereocenters. The standard InChI is InChI=1S/C18H17ClN2O4S/c1-26-13-6-4-12(5-7-13)15(22)8-9-17(24)25-11-16(23)21-14-3-2-10-20-18(14)19/h2-7,10H,8-9,11H2,1H3,(H,21,23). The van der Waals surface area contributed by atoms with Crippen molar-refractivity contribution < 1.29 is 19.1 Å². The van der Waals surface area contributed by atoms with Crippen molar-refractivity contribution >= 4 is 46.7 Å². The molecule has 2 rings (SSSR count). The third-order valence-corrected chi connectivity index (χ3v) is 4.41. The summed E-state index contributed by atoms with van der Waals surface area (Å²) < 4.78 is 4.87. The SMILES string of the molecule is CSc1ccc(C(=O)CCC(=O)OCC(=O)Nc2cccnc2Cl)cc1. The number of thioether (sulfide) groups is 1. The molecule has 0 aliphatic rings. The van der Waals surface area contributed by atoms with Gasteiger partial charge in [0.1, 0.15) is 0 Å². The highest BCUT2D eigenvalue weighted by molar-refractivity contribution is 7.98. The molecular formula is C18H17ClN2O4S. The number of hydrogen-bond donors (Lipinski definition) is 1. The molecule has 0 aliphatic carbocycles. The molecule has 1 aromatic heterocycles. The lowest BCUT2D eigenvalue weighted by Crippen LogP contribution is -2.21. The van der Waals surface area contributed by atoms with Crippen LogP contribution in [0.15, 0.2) is 47.5 Å². The zero-order valence-electron chi connectivity index (χ0n) is 14.0. The Morgan fingerprint density at radius 3 is 2.54 bits per heavy atom. The Hall–Kier alpha value is -2.38. The molecule has 0 saturated carbocycles. The molecule has 2 aromatic rings. The maximum Gasteiger partial charge on any atom is 0.306 e. The Bertz CT molecular complexity index is 796. The lowest BCUT2D eigenvalue weighted by Gasteiger charge is -2.07. The van der Waals surface area contributed by atoms with Gasteiger partial charge in [0.25, 0.3) is 5.91 Å². The van der Waals surface area contributed by atoms with Crippen molar-refractivity contribution in [1.29, 1.82) is 0 Å². The number of ketones is 1. The van der Waals surface area contributed by atoms with Crippen LogP contribution < -0.4 is 5.32 Å². The number of carbonyl (C=O) groups is 3. The molecule has 6 nitrogen and oxygen atoms in total. The third kappa shape index (κ3) is 6.16. The van der Waals surface area contributed by atoms with E-state index in [4.69, 9.17) is 16.3 Å². The van der Waals surface area contributed by atoms with Gasteiger partial charge in [0, 0.05) is 23.1 Å². The number of esters is 1. The summed E-state index contributed by atoms with van der Waals surface area (Å²) in [6.45, 7) is -0.458. The van der Waals surface area contributed by atoms with E-state index in [1.807, 2.05) is 18.4 Å². The number of ether oxygens (including phenoxy) is 1. The molecule has 26 heavy (non-hydrogen) atoms. The monoisotopic (exact) mass is 392 g/mol. The fraction of sp³-hybridized carbons (Fsp3) is 0.222. The van der Waals surface area contributed by atoms with Crippen LogP contribution in [-0.4, -0.2) is 35.5 Å². The first-order valence-corrected chi connectivity index (χ1v) is 9.33. The predicted molar refractivity (Wildman–Crippen MR) is 101 cm³/mol. The molecular weight excluding hydrogens is 376 g/mol. The second-order valence-electron chi connectivity index (χ2n) is 5.20. The molecule has 0 fully saturated rings. The number of carbonyl (C=O) groups excluding carboxylic acids is 3. The molecule has 1 aromatic carbocycles. The highest BCUT2D eigenvalue weighted by Gasteiger charge is 2.13. The van der Waals surface area contributed by atoms with Crippen molar-refractivity contribution in [3.05, 3.63) is 53.3 Å². The van der Waals surface area contributed by atoms with Crippen LogP contribution in [0, 0.1) is 0 Å². The topological polar surface area (TPSA) is 85.4 Å². The maximum absolute atomic E-state index is 12.1. The molecule has 0 spiro atoms. The Morgan fingerprint density at radius 2 is 1.88 bits per heavy atom. The van der Waals surface area contributed by atoms with Gasteiger partial charge >= 0.3 is 5.97 Å². The second-order valence-corrected chi connectivity index (χ2v) is 6.44. The summed E-state index contributed by atoms with van der Waals surface area (Å²) >= 11 is 7.40. The maximum atomic E-state index is 12.1. The number of amides is 1. The quantitative estimate of drug-likeness (QED) is 0.320. The third-order valence-electron chi connectivity index (χ3n) is 3.37. The van der Waals surface area contributed by atoms with Gasteiger partial charge in [-0.15, -0.1) is 11.8 Å². The minimum Gasteiger partial charge on any atom is -0.456 e. The van der Waals surface area contributed by atoms with E-state index in [2.05, 4.69) is 10.3 Å². The van der Waals surface area contributed by atoms with Crippen LogP contribution in [0.2, 0.25) is 5.15 Å². The summed E-state index contributed by atoms with van der Waals surface area (Å²) in [6, 6.07) is 10.4. The minimum atomic E-state index is -0.619. The predicted octanol–water partition coefficient (Wildman–Crippen LogP) is 3.60. The van der Waals surface area contributed by atoms with E-state index in [9.17, 15) is 14.4 Å². The Balaban J connectivity index is 1.73. The fourth-order valence-electron chi connectivity index (χ4n) is 2.02. The van der Waals surface area contributed by atoms with Crippen LogP contribution >= 0.6 is 23.4 Å². The summed E-state index contributed by atoms with van der Waals surface area (Å²) in [5, 5.41) is 2.63. The fourth-order valence-corrected chi connectivity index (χ4v) is 2.60. The van der Waals surface area contributed by atoms with Crippen LogP contribution in [0.4, 0.5) is 5.69 Å². The molecule has 1 amide bonds. The zero-order chi connectivity index (χ0) is 18.9. The van der Waals surface area contributed by atoms with E-state index in [1.54, 1.807) is 36.0 Å². The number of aromatic nitrogens is 1. The molecule has 0 radical (unpaired) electrons. The van der Waals surface area contributed by atoms with Gasteiger partial charge in [-0.2, -0.15) is 0 Å². The number of halogens is 1.